The lowest BCUT2D eigenvalue weighted by Gasteiger charge is -2.15. The van der Waals surface area contributed by atoms with Gasteiger partial charge in [-0.05, 0) is 42.2 Å². The van der Waals surface area contributed by atoms with Gasteiger partial charge in [-0.15, -0.1) is 0 Å². The van der Waals surface area contributed by atoms with Gasteiger partial charge in [-0.1, -0.05) is 55.2 Å². The van der Waals surface area contributed by atoms with Crippen molar-refractivity contribution in [2.24, 2.45) is 0 Å². The van der Waals surface area contributed by atoms with Gasteiger partial charge in [0, 0.05) is 5.69 Å². The SMILES string of the molecule is CC[C@H](C)c1ccc(NC(=O)C[NH+](C)CC(=O)Nc2c(Cl)cccc2Cl)cc1. The van der Waals surface area contributed by atoms with Crippen LogP contribution >= 0.6 is 23.2 Å². The number of carbonyl (C=O) groups excluding carboxylic acids is 2. The number of hydrogen-bond donors (Lipinski definition) is 3. The number of quaternary nitrogens is 1. The van der Waals surface area contributed by atoms with Crippen LogP contribution in [0.4, 0.5) is 11.4 Å². The Balaban J connectivity index is 1.84. The van der Waals surface area contributed by atoms with E-state index in [1.165, 1.54) is 5.56 Å². The Hall–Kier alpha value is -2.08. The fourth-order valence-electron chi connectivity index (χ4n) is 2.75. The topological polar surface area (TPSA) is 62.6 Å². The first-order chi connectivity index (χ1) is 13.3. The van der Waals surface area contributed by atoms with Crippen molar-refractivity contribution in [2.45, 2.75) is 26.2 Å². The number of rotatable bonds is 8. The van der Waals surface area contributed by atoms with E-state index in [9.17, 15) is 9.59 Å². The average molecular weight is 423 g/mol. The molecular weight excluding hydrogens is 397 g/mol. The molecule has 2 aromatic carbocycles. The molecule has 0 aliphatic heterocycles. The zero-order valence-electron chi connectivity index (χ0n) is 16.3. The Kier molecular flexibility index (Phi) is 8.30. The molecule has 0 heterocycles. The summed E-state index contributed by atoms with van der Waals surface area (Å²) in [5, 5.41) is 6.31. The molecule has 5 nitrogen and oxygen atoms in total. The number of nitrogens with one attached hydrogen (secondary N) is 3. The van der Waals surface area contributed by atoms with Crippen molar-refractivity contribution >= 4 is 46.4 Å². The zero-order valence-corrected chi connectivity index (χ0v) is 17.8. The molecule has 2 rings (SSSR count). The van der Waals surface area contributed by atoms with Gasteiger partial charge in [0.2, 0.25) is 0 Å². The number of benzene rings is 2. The zero-order chi connectivity index (χ0) is 20.7. The maximum absolute atomic E-state index is 12.2. The summed E-state index contributed by atoms with van der Waals surface area (Å²) < 4.78 is 0. The van der Waals surface area contributed by atoms with Crippen molar-refractivity contribution in [3.05, 3.63) is 58.1 Å². The van der Waals surface area contributed by atoms with Crippen LogP contribution in [0, 0.1) is 0 Å². The molecule has 2 amide bonds. The fourth-order valence-corrected chi connectivity index (χ4v) is 3.24. The second-order valence-corrected chi connectivity index (χ2v) is 7.75. The second kappa shape index (κ2) is 10.5. The predicted octanol–water partition coefficient (Wildman–Crippen LogP) is 3.60. The molecule has 0 radical (unpaired) electrons. The van der Waals surface area contributed by atoms with Crippen LogP contribution < -0.4 is 15.5 Å². The van der Waals surface area contributed by atoms with E-state index in [4.69, 9.17) is 23.2 Å². The third-order valence-corrected chi connectivity index (χ3v) is 5.16. The van der Waals surface area contributed by atoms with Gasteiger partial charge in [0.15, 0.2) is 13.1 Å². The van der Waals surface area contributed by atoms with Gasteiger partial charge in [-0.3, -0.25) is 9.59 Å². The van der Waals surface area contributed by atoms with Crippen LogP contribution in [-0.2, 0) is 9.59 Å². The molecule has 0 spiro atoms. The van der Waals surface area contributed by atoms with Crippen LogP contribution in [0.2, 0.25) is 10.0 Å². The highest BCUT2D eigenvalue weighted by Crippen LogP contribution is 2.29. The highest BCUT2D eigenvalue weighted by Gasteiger charge is 2.16. The molecule has 28 heavy (non-hydrogen) atoms. The minimum absolute atomic E-state index is 0.113. The maximum Gasteiger partial charge on any atom is 0.279 e. The number of likely N-dealkylation sites (N-methyl/N-ethyl adjacent to an activating group) is 1. The summed E-state index contributed by atoms with van der Waals surface area (Å²) in [6, 6.07) is 12.9. The lowest BCUT2D eigenvalue weighted by Crippen LogP contribution is -3.11. The molecule has 0 aliphatic carbocycles. The molecular formula is C21H26Cl2N3O2+. The van der Waals surface area contributed by atoms with Gasteiger partial charge in [-0.2, -0.15) is 0 Å². The number of halogens is 2. The van der Waals surface area contributed by atoms with Crippen molar-refractivity contribution in [1.82, 2.24) is 0 Å². The van der Waals surface area contributed by atoms with E-state index in [-0.39, 0.29) is 24.9 Å². The lowest BCUT2D eigenvalue weighted by molar-refractivity contribution is -0.862. The third kappa shape index (κ3) is 6.51. The quantitative estimate of drug-likeness (QED) is 0.608. The van der Waals surface area contributed by atoms with Crippen LogP contribution in [0.1, 0.15) is 31.7 Å². The van der Waals surface area contributed by atoms with Gasteiger partial charge in [0.1, 0.15) is 0 Å². The van der Waals surface area contributed by atoms with Crippen molar-refractivity contribution in [2.75, 3.05) is 30.8 Å². The van der Waals surface area contributed by atoms with Crippen LogP contribution in [0.15, 0.2) is 42.5 Å². The summed E-state index contributed by atoms with van der Waals surface area (Å²) in [7, 11) is 1.78. The van der Waals surface area contributed by atoms with E-state index in [0.29, 0.717) is 21.7 Å². The van der Waals surface area contributed by atoms with Crippen molar-refractivity contribution in [1.29, 1.82) is 0 Å². The summed E-state index contributed by atoms with van der Waals surface area (Å²) in [5.74, 6) is 0.0704. The molecule has 0 bridgehead atoms. The smallest absolute Gasteiger partial charge is 0.279 e. The normalized spacial score (nSPS) is 12.9. The molecule has 0 saturated heterocycles. The molecule has 1 unspecified atom stereocenters. The predicted molar refractivity (Wildman–Crippen MR) is 115 cm³/mol. The fraction of sp³-hybridized carbons (Fsp3) is 0.333. The summed E-state index contributed by atoms with van der Waals surface area (Å²) in [5.41, 5.74) is 2.38. The highest BCUT2D eigenvalue weighted by molar-refractivity contribution is 6.39. The van der Waals surface area contributed by atoms with E-state index in [2.05, 4.69) is 24.5 Å². The number of carbonyl (C=O) groups is 2. The summed E-state index contributed by atoms with van der Waals surface area (Å²) >= 11 is 12.1. The van der Waals surface area contributed by atoms with Crippen LogP contribution in [-0.4, -0.2) is 32.0 Å². The Bertz CT molecular complexity index is 805. The van der Waals surface area contributed by atoms with E-state index in [1.54, 1.807) is 25.2 Å². The summed E-state index contributed by atoms with van der Waals surface area (Å²) in [6.45, 7) is 4.60. The van der Waals surface area contributed by atoms with E-state index >= 15 is 0 Å². The minimum Gasteiger partial charge on any atom is -0.322 e. The Morgan fingerprint density at radius 2 is 1.50 bits per heavy atom. The molecule has 0 aromatic heterocycles. The van der Waals surface area contributed by atoms with Crippen LogP contribution in [0.3, 0.4) is 0 Å². The number of anilines is 2. The minimum atomic E-state index is -0.266. The molecule has 3 N–H and O–H groups in total. The first-order valence-electron chi connectivity index (χ1n) is 9.25. The van der Waals surface area contributed by atoms with Crippen molar-refractivity contribution in [3.63, 3.8) is 0 Å². The Morgan fingerprint density at radius 3 is 2.04 bits per heavy atom. The van der Waals surface area contributed by atoms with Gasteiger partial charge < -0.3 is 15.5 Å². The molecule has 0 aliphatic rings. The monoisotopic (exact) mass is 422 g/mol. The molecule has 150 valence electrons. The van der Waals surface area contributed by atoms with E-state index in [0.717, 1.165) is 17.0 Å². The molecule has 2 aromatic rings. The first-order valence-corrected chi connectivity index (χ1v) is 10.0. The number of para-hydroxylation sites is 1. The standard InChI is InChI=1S/C21H25Cl2N3O2/c1-4-14(2)15-8-10-16(11-9-15)24-19(27)12-26(3)13-20(28)25-21-17(22)6-5-7-18(21)23/h5-11,14H,4,12-13H2,1-3H3,(H,24,27)(H,25,28)/p+1/t14-/m0/s1. The third-order valence-electron chi connectivity index (χ3n) is 4.53. The van der Waals surface area contributed by atoms with Crippen LogP contribution in [0.25, 0.3) is 0 Å². The van der Waals surface area contributed by atoms with Gasteiger partial charge in [-0.25, -0.2) is 0 Å². The van der Waals surface area contributed by atoms with Gasteiger partial charge in [0.25, 0.3) is 11.8 Å². The van der Waals surface area contributed by atoms with Crippen LogP contribution in [0.5, 0.6) is 0 Å². The summed E-state index contributed by atoms with van der Waals surface area (Å²) in [6.07, 6.45) is 1.07. The van der Waals surface area contributed by atoms with Gasteiger partial charge in [0.05, 0.1) is 22.8 Å². The number of hydrogen-bond acceptors (Lipinski definition) is 2. The Morgan fingerprint density at radius 1 is 0.964 bits per heavy atom. The Labute approximate surface area is 176 Å². The van der Waals surface area contributed by atoms with Crippen molar-refractivity contribution in [3.8, 4) is 0 Å². The average Bonchev–Trinajstić information content (AvgIpc) is 2.64. The number of amides is 2. The second-order valence-electron chi connectivity index (χ2n) is 6.93. The molecule has 2 atom stereocenters. The molecule has 0 fully saturated rings. The first kappa shape index (κ1) is 22.2. The largest absolute Gasteiger partial charge is 0.322 e. The lowest BCUT2D eigenvalue weighted by atomic mass is 9.99. The van der Waals surface area contributed by atoms with E-state index in [1.807, 2.05) is 24.3 Å². The molecule has 0 saturated carbocycles. The van der Waals surface area contributed by atoms with E-state index < -0.39 is 0 Å². The molecule has 7 heteroatoms. The van der Waals surface area contributed by atoms with Gasteiger partial charge >= 0.3 is 0 Å². The summed E-state index contributed by atoms with van der Waals surface area (Å²) in [4.78, 5) is 25.2. The highest BCUT2D eigenvalue weighted by atomic mass is 35.5. The maximum atomic E-state index is 12.2. The van der Waals surface area contributed by atoms with Crippen molar-refractivity contribution < 1.29 is 14.5 Å².